The van der Waals surface area contributed by atoms with Gasteiger partial charge in [-0.25, -0.2) is 9.79 Å². The van der Waals surface area contributed by atoms with Crippen LogP contribution in [0.25, 0.3) is 5.57 Å². The lowest BCUT2D eigenvalue weighted by Crippen LogP contribution is -2.51. The molecule has 4 nitrogen and oxygen atoms in total. The molecule has 260 valence electrons. The van der Waals surface area contributed by atoms with Crippen LogP contribution in [0.1, 0.15) is 117 Å². The van der Waals surface area contributed by atoms with Crippen LogP contribution >= 0.6 is 0 Å². The average molecular weight is 659 g/mol. The van der Waals surface area contributed by atoms with Gasteiger partial charge in [0.15, 0.2) is 0 Å². The molecule has 8 atom stereocenters. The van der Waals surface area contributed by atoms with Crippen LogP contribution < -0.4 is 0 Å². The van der Waals surface area contributed by atoms with E-state index >= 15 is 0 Å². The molecule has 3 saturated carbocycles. The van der Waals surface area contributed by atoms with E-state index in [2.05, 4.69) is 63.9 Å². The van der Waals surface area contributed by atoms with Crippen LogP contribution in [0.5, 0.6) is 0 Å². The van der Waals surface area contributed by atoms with Gasteiger partial charge in [0.25, 0.3) is 0 Å². The van der Waals surface area contributed by atoms with E-state index in [4.69, 9.17) is 9.73 Å². The number of allylic oxidation sites excluding steroid dienone is 4. The molecule has 4 aliphatic carbocycles. The highest BCUT2D eigenvalue weighted by Crippen LogP contribution is 2.67. The normalized spacial score (nSPS) is 33.9. The van der Waals surface area contributed by atoms with Crippen LogP contribution in [0.4, 0.5) is 0 Å². The summed E-state index contributed by atoms with van der Waals surface area (Å²) in [7, 11) is 0. The first kappa shape index (κ1) is 34.1. The van der Waals surface area contributed by atoms with Crippen molar-refractivity contribution in [1.29, 1.82) is 0 Å². The molecule has 1 aliphatic heterocycles. The van der Waals surface area contributed by atoms with Crippen LogP contribution in [-0.4, -0.2) is 22.8 Å². The second kappa shape index (κ2) is 14.1. The number of hydrogen-bond acceptors (Lipinski definition) is 3. The Hall–Kier alpha value is -3.40. The Morgan fingerprint density at radius 3 is 2.59 bits per heavy atom. The van der Waals surface area contributed by atoms with Gasteiger partial charge in [0.2, 0.25) is 0 Å². The largest absolute Gasteiger partial charge is 0.459 e. The molecule has 0 amide bonds. The molecular weight excluding hydrogens is 601 g/mol. The summed E-state index contributed by atoms with van der Waals surface area (Å²) in [6.07, 6.45) is 25.8. The molecule has 2 aromatic rings. The van der Waals surface area contributed by atoms with Gasteiger partial charge in [0, 0.05) is 30.0 Å². The molecule has 0 saturated heterocycles. The number of ether oxygens (including phenoxy) is 1. The molecule has 0 radical (unpaired) electrons. The van der Waals surface area contributed by atoms with Gasteiger partial charge < -0.3 is 9.72 Å². The molecule has 3 fully saturated rings. The molecule has 0 bridgehead atoms. The lowest BCUT2D eigenvalue weighted by Gasteiger charge is -2.58. The van der Waals surface area contributed by atoms with Crippen LogP contribution in [0, 0.1) is 46.3 Å². The minimum atomic E-state index is -0.267. The van der Waals surface area contributed by atoms with E-state index in [0.717, 1.165) is 83.0 Å². The lowest BCUT2D eigenvalue weighted by molar-refractivity contribution is -0.145. The van der Waals surface area contributed by atoms with E-state index < -0.39 is 0 Å². The summed E-state index contributed by atoms with van der Waals surface area (Å²) in [5.74, 6) is 4.76. The van der Waals surface area contributed by atoms with Crippen molar-refractivity contribution in [2.75, 3.05) is 0 Å². The highest BCUT2D eigenvalue weighted by molar-refractivity contribution is 6.10. The van der Waals surface area contributed by atoms with Gasteiger partial charge in [-0.1, -0.05) is 95.9 Å². The lowest BCUT2D eigenvalue weighted by atomic mass is 9.47. The summed E-state index contributed by atoms with van der Waals surface area (Å²) < 4.78 is 6.09. The maximum absolute atomic E-state index is 13.1. The first-order valence-corrected chi connectivity index (χ1v) is 19.4. The van der Waals surface area contributed by atoms with E-state index in [1.165, 1.54) is 51.4 Å². The van der Waals surface area contributed by atoms with Crippen molar-refractivity contribution in [3.05, 3.63) is 102 Å². The van der Waals surface area contributed by atoms with E-state index in [1.807, 2.05) is 42.6 Å². The third-order valence-electron chi connectivity index (χ3n) is 13.8. The van der Waals surface area contributed by atoms with Gasteiger partial charge >= 0.3 is 5.97 Å². The summed E-state index contributed by atoms with van der Waals surface area (Å²) in [4.78, 5) is 21.3. The second-order valence-corrected chi connectivity index (χ2v) is 17.0. The number of nitrogens with zero attached hydrogens (tertiary/aromatic N) is 1. The van der Waals surface area contributed by atoms with E-state index in [0.29, 0.717) is 5.41 Å². The molecular formula is C45H58N2O2. The zero-order valence-electron chi connectivity index (χ0n) is 30.6. The van der Waals surface area contributed by atoms with Crippen molar-refractivity contribution in [2.45, 2.75) is 111 Å². The highest BCUT2D eigenvalue weighted by atomic mass is 16.5. The maximum Gasteiger partial charge on any atom is 0.331 e. The van der Waals surface area contributed by atoms with Crippen LogP contribution in [0.2, 0.25) is 0 Å². The van der Waals surface area contributed by atoms with E-state index in [1.54, 1.807) is 17.7 Å². The van der Waals surface area contributed by atoms with Crippen molar-refractivity contribution >= 4 is 17.3 Å². The first-order chi connectivity index (χ1) is 23.7. The number of carbonyl (C=O) groups excluding carboxylic acids is 1. The molecule has 1 aromatic carbocycles. The highest BCUT2D eigenvalue weighted by Gasteiger charge is 2.59. The Bertz CT molecular complexity index is 1640. The summed E-state index contributed by atoms with van der Waals surface area (Å²) in [5.41, 5.74) is 7.13. The summed E-state index contributed by atoms with van der Waals surface area (Å²) in [6, 6.07) is 14.4. The monoisotopic (exact) mass is 658 g/mol. The maximum atomic E-state index is 13.1. The molecule has 2 heterocycles. The van der Waals surface area contributed by atoms with Crippen molar-refractivity contribution in [2.24, 2.45) is 51.3 Å². The Kier molecular flexibility index (Phi) is 9.79. The third kappa shape index (κ3) is 6.74. The average Bonchev–Trinajstić information content (AvgIpc) is 3.85. The quantitative estimate of drug-likeness (QED) is 0.157. The van der Waals surface area contributed by atoms with Crippen LogP contribution in [-0.2, 0) is 9.53 Å². The molecule has 7 rings (SSSR count). The number of aromatic nitrogens is 1. The number of H-pyrrole nitrogens is 1. The number of hydrogen-bond donors (Lipinski definition) is 1. The SMILES string of the molecule is CC(C)CCC[C@@H](C)[C@H]1CC[C@H]2[C@@H]3CC=C4CC(OC(=O)/C=C/C5=NC(=C(\c6ccccc6)c6ccc[nH]6)/C=C5)CC[C@]4(C)[C@H]3CC[C@]12C. The van der Waals surface area contributed by atoms with Gasteiger partial charge in [-0.2, -0.15) is 0 Å². The van der Waals surface area contributed by atoms with Gasteiger partial charge in [0.1, 0.15) is 6.10 Å². The number of esters is 1. The van der Waals surface area contributed by atoms with Crippen LogP contribution in [0.15, 0.2) is 95.3 Å². The first-order valence-electron chi connectivity index (χ1n) is 19.4. The molecule has 5 aliphatic rings. The number of nitrogens with one attached hydrogen (secondary N) is 1. The Morgan fingerprint density at radius 1 is 0.980 bits per heavy atom. The van der Waals surface area contributed by atoms with Gasteiger partial charge in [-0.05, 0) is 127 Å². The fraction of sp³-hybridized carbons (Fsp3) is 0.556. The Labute approximate surface area is 295 Å². The van der Waals surface area contributed by atoms with Gasteiger partial charge in [-0.15, -0.1) is 0 Å². The van der Waals surface area contributed by atoms with Crippen molar-refractivity contribution in [1.82, 2.24) is 4.98 Å². The molecule has 0 spiro atoms. The summed E-state index contributed by atoms with van der Waals surface area (Å²) in [5, 5.41) is 0. The van der Waals surface area contributed by atoms with E-state index in [-0.39, 0.29) is 17.5 Å². The van der Waals surface area contributed by atoms with Crippen LogP contribution in [0.3, 0.4) is 0 Å². The Morgan fingerprint density at radius 2 is 1.82 bits per heavy atom. The zero-order chi connectivity index (χ0) is 34.2. The fourth-order valence-corrected chi connectivity index (χ4v) is 11.3. The second-order valence-electron chi connectivity index (χ2n) is 17.0. The third-order valence-corrected chi connectivity index (χ3v) is 13.8. The molecule has 1 unspecified atom stereocenters. The van der Waals surface area contributed by atoms with E-state index in [9.17, 15) is 4.79 Å². The standard InChI is InChI=1S/C45H58N2O2/c1-30(2)11-9-12-31(3)37-20-21-38-36-19-16-33-29-35(24-26-44(33,4)39(36)25-27-45(37,38)5)49-42(48)23-18-34-17-22-41(47-34)43(40-15-10-28-46-40)32-13-7-6-8-14-32/h6-8,10,13-18,22-23,28,30-31,35-39,46H,9,11-12,19-21,24-27,29H2,1-5H3/b23-18+,43-41+/t31-,35?,36+,37-,38+,39+,44+,45-/m1/s1. The number of carbonyl (C=O) groups is 1. The number of rotatable bonds is 10. The minimum Gasteiger partial charge on any atom is -0.459 e. The molecule has 1 aromatic heterocycles. The number of fused-ring (bicyclic) bond motifs is 5. The molecule has 49 heavy (non-hydrogen) atoms. The predicted molar refractivity (Wildman–Crippen MR) is 202 cm³/mol. The number of benzene rings is 1. The fourth-order valence-electron chi connectivity index (χ4n) is 11.3. The van der Waals surface area contributed by atoms with Gasteiger partial charge in [-0.3, -0.25) is 0 Å². The summed E-state index contributed by atoms with van der Waals surface area (Å²) >= 11 is 0. The Balaban J connectivity index is 0.978. The number of aromatic amines is 1. The smallest absolute Gasteiger partial charge is 0.331 e. The minimum absolute atomic E-state index is 0.0430. The molecule has 4 heteroatoms. The summed E-state index contributed by atoms with van der Waals surface area (Å²) in [6.45, 7) is 12.5. The van der Waals surface area contributed by atoms with Crippen molar-refractivity contribution in [3.8, 4) is 0 Å². The van der Waals surface area contributed by atoms with Crippen molar-refractivity contribution < 1.29 is 9.53 Å². The molecule has 1 N–H and O–H groups in total. The zero-order valence-corrected chi connectivity index (χ0v) is 30.6. The predicted octanol–water partition coefficient (Wildman–Crippen LogP) is 11.3. The van der Waals surface area contributed by atoms with Crippen molar-refractivity contribution in [3.63, 3.8) is 0 Å². The topological polar surface area (TPSA) is 54.4 Å². The number of aliphatic imine (C=N–C) groups is 1. The van der Waals surface area contributed by atoms with Gasteiger partial charge in [0.05, 0.1) is 11.4 Å².